The maximum atomic E-state index is 5.47. The summed E-state index contributed by atoms with van der Waals surface area (Å²) in [5.41, 5.74) is 1.22. The normalized spacial score (nSPS) is 22.5. The van der Waals surface area contributed by atoms with Crippen molar-refractivity contribution in [2.45, 2.75) is 38.6 Å². The minimum atomic E-state index is 0.738. The van der Waals surface area contributed by atoms with Crippen LogP contribution in [-0.4, -0.2) is 52.7 Å². The van der Waals surface area contributed by atoms with Gasteiger partial charge in [-0.15, -0.1) is 0 Å². The van der Waals surface area contributed by atoms with Crippen molar-refractivity contribution in [1.29, 1.82) is 0 Å². The molecular formula is C20H28N4O. The van der Waals surface area contributed by atoms with Crippen molar-refractivity contribution >= 4 is 0 Å². The summed E-state index contributed by atoms with van der Waals surface area (Å²) in [6.45, 7) is 6.95. The van der Waals surface area contributed by atoms with E-state index in [1.165, 1.54) is 50.9 Å². The zero-order valence-corrected chi connectivity index (χ0v) is 14.9. The number of rotatable bonds is 6. The van der Waals surface area contributed by atoms with Crippen LogP contribution >= 0.6 is 0 Å². The molecule has 1 unspecified atom stereocenters. The van der Waals surface area contributed by atoms with Crippen molar-refractivity contribution in [3.63, 3.8) is 0 Å². The molecule has 0 amide bonds. The lowest BCUT2D eigenvalue weighted by atomic mass is 10.1. The molecule has 0 radical (unpaired) electrons. The van der Waals surface area contributed by atoms with E-state index in [4.69, 9.17) is 4.52 Å². The summed E-state index contributed by atoms with van der Waals surface area (Å²) in [5.74, 6) is 2.33. The monoisotopic (exact) mass is 340 g/mol. The summed E-state index contributed by atoms with van der Waals surface area (Å²) in [5, 5.41) is 4.15. The Bertz CT molecular complexity index is 651. The van der Waals surface area contributed by atoms with Gasteiger partial charge in [-0.25, -0.2) is 0 Å². The van der Waals surface area contributed by atoms with Crippen molar-refractivity contribution in [3.8, 4) is 0 Å². The van der Waals surface area contributed by atoms with Gasteiger partial charge in [-0.2, -0.15) is 4.98 Å². The number of benzene rings is 1. The van der Waals surface area contributed by atoms with E-state index in [2.05, 4.69) is 32.1 Å². The predicted octanol–water partition coefficient (Wildman–Crippen LogP) is 2.97. The minimum absolute atomic E-state index is 0.738. The van der Waals surface area contributed by atoms with Crippen LogP contribution in [0.2, 0.25) is 0 Å². The zero-order chi connectivity index (χ0) is 16.9. The number of aromatic nitrogens is 2. The highest BCUT2D eigenvalue weighted by Crippen LogP contribution is 2.21. The maximum absolute atomic E-state index is 5.47. The van der Waals surface area contributed by atoms with Gasteiger partial charge in [-0.1, -0.05) is 41.9 Å². The van der Waals surface area contributed by atoms with Gasteiger partial charge in [0.2, 0.25) is 5.89 Å². The second-order valence-electron chi connectivity index (χ2n) is 7.52. The fraction of sp³-hybridized carbons (Fsp3) is 0.600. The van der Waals surface area contributed by atoms with E-state index in [-0.39, 0.29) is 0 Å². The molecule has 1 aromatic heterocycles. The van der Waals surface area contributed by atoms with Gasteiger partial charge >= 0.3 is 0 Å². The maximum Gasteiger partial charge on any atom is 0.240 e. The Kier molecular flexibility index (Phi) is 5.43. The third-order valence-corrected chi connectivity index (χ3v) is 5.41. The molecule has 0 spiro atoms. The molecule has 0 aliphatic carbocycles. The van der Waals surface area contributed by atoms with Gasteiger partial charge in [0.25, 0.3) is 0 Å². The minimum Gasteiger partial charge on any atom is -0.338 e. The Labute approximate surface area is 150 Å². The quantitative estimate of drug-likeness (QED) is 0.809. The third-order valence-electron chi connectivity index (χ3n) is 5.41. The van der Waals surface area contributed by atoms with E-state index < -0.39 is 0 Å². The van der Waals surface area contributed by atoms with Crippen molar-refractivity contribution < 1.29 is 4.52 Å². The molecule has 2 saturated heterocycles. The first-order chi connectivity index (χ1) is 12.3. The first kappa shape index (κ1) is 16.7. The molecule has 0 bridgehead atoms. The largest absolute Gasteiger partial charge is 0.338 e. The topological polar surface area (TPSA) is 45.4 Å². The Hall–Kier alpha value is -1.72. The highest BCUT2D eigenvalue weighted by molar-refractivity contribution is 5.18. The first-order valence-electron chi connectivity index (χ1n) is 9.65. The van der Waals surface area contributed by atoms with Crippen LogP contribution in [0.15, 0.2) is 34.9 Å². The van der Waals surface area contributed by atoms with Crippen LogP contribution in [0.5, 0.6) is 0 Å². The molecule has 1 atom stereocenters. The molecule has 2 aliphatic rings. The van der Waals surface area contributed by atoms with E-state index in [9.17, 15) is 0 Å². The molecule has 0 saturated carbocycles. The fourth-order valence-corrected chi connectivity index (χ4v) is 4.11. The molecule has 1 aromatic carbocycles. The van der Waals surface area contributed by atoms with Crippen LogP contribution < -0.4 is 0 Å². The van der Waals surface area contributed by atoms with Crippen LogP contribution in [0, 0.1) is 5.92 Å². The summed E-state index contributed by atoms with van der Waals surface area (Å²) in [6, 6.07) is 10.3. The summed E-state index contributed by atoms with van der Waals surface area (Å²) in [7, 11) is 0. The number of hydrogen-bond donors (Lipinski definition) is 0. The second kappa shape index (κ2) is 8.11. The van der Waals surface area contributed by atoms with E-state index in [1.807, 2.05) is 18.2 Å². The van der Waals surface area contributed by atoms with Crippen molar-refractivity contribution in [1.82, 2.24) is 19.9 Å². The summed E-state index contributed by atoms with van der Waals surface area (Å²) in [4.78, 5) is 9.70. The van der Waals surface area contributed by atoms with Crippen molar-refractivity contribution in [3.05, 3.63) is 47.6 Å². The molecule has 2 aliphatic heterocycles. The Balaban J connectivity index is 1.25. The lowest BCUT2D eigenvalue weighted by Crippen LogP contribution is -2.35. The average Bonchev–Trinajstić information content (AvgIpc) is 3.27. The average molecular weight is 340 g/mol. The summed E-state index contributed by atoms with van der Waals surface area (Å²) in [6.07, 6.45) is 6.20. The smallest absolute Gasteiger partial charge is 0.240 e. The van der Waals surface area contributed by atoms with E-state index >= 15 is 0 Å². The standard InChI is InChI=1S/C20H28N4O/c1-3-7-17(8-4-1)13-19-21-20(25-22-19)16-24-12-9-18(15-24)14-23-10-5-2-6-11-23/h1,3-4,7-8,18H,2,5-6,9-16H2. The third kappa shape index (κ3) is 4.67. The molecule has 2 aromatic rings. The predicted molar refractivity (Wildman–Crippen MR) is 97.2 cm³/mol. The Morgan fingerprint density at radius 1 is 1.00 bits per heavy atom. The van der Waals surface area contributed by atoms with Gasteiger partial charge in [-0.3, -0.25) is 4.90 Å². The molecular weight excluding hydrogens is 312 g/mol. The van der Waals surface area contributed by atoms with E-state index in [0.717, 1.165) is 43.7 Å². The molecule has 25 heavy (non-hydrogen) atoms. The number of nitrogens with zero attached hydrogens (tertiary/aromatic N) is 4. The lowest BCUT2D eigenvalue weighted by Gasteiger charge is -2.28. The number of likely N-dealkylation sites (tertiary alicyclic amines) is 2. The lowest BCUT2D eigenvalue weighted by molar-refractivity contribution is 0.190. The van der Waals surface area contributed by atoms with Gasteiger partial charge in [0, 0.05) is 19.5 Å². The molecule has 5 heteroatoms. The van der Waals surface area contributed by atoms with Crippen LogP contribution in [0.1, 0.15) is 43.0 Å². The van der Waals surface area contributed by atoms with Crippen molar-refractivity contribution in [2.75, 3.05) is 32.7 Å². The first-order valence-corrected chi connectivity index (χ1v) is 9.65. The molecule has 3 heterocycles. The Morgan fingerprint density at radius 3 is 2.68 bits per heavy atom. The number of hydrogen-bond acceptors (Lipinski definition) is 5. The van der Waals surface area contributed by atoms with E-state index in [1.54, 1.807) is 0 Å². The highest BCUT2D eigenvalue weighted by Gasteiger charge is 2.26. The molecule has 0 N–H and O–H groups in total. The van der Waals surface area contributed by atoms with Crippen LogP contribution in [0.4, 0.5) is 0 Å². The van der Waals surface area contributed by atoms with Gasteiger partial charge in [0.05, 0.1) is 6.54 Å². The zero-order valence-electron chi connectivity index (χ0n) is 14.9. The van der Waals surface area contributed by atoms with E-state index in [0.29, 0.717) is 0 Å². The van der Waals surface area contributed by atoms with Gasteiger partial charge in [-0.05, 0) is 50.4 Å². The molecule has 2 fully saturated rings. The highest BCUT2D eigenvalue weighted by atomic mass is 16.5. The van der Waals surface area contributed by atoms with Gasteiger partial charge in [0.15, 0.2) is 5.82 Å². The van der Waals surface area contributed by atoms with Crippen LogP contribution in [0.25, 0.3) is 0 Å². The summed E-state index contributed by atoms with van der Waals surface area (Å²) >= 11 is 0. The molecule has 5 nitrogen and oxygen atoms in total. The SMILES string of the molecule is c1ccc(Cc2noc(CN3CCC(CN4CCCCC4)C3)n2)cc1. The van der Waals surface area contributed by atoms with Gasteiger partial charge < -0.3 is 9.42 Å². The second-order valence-corrected chi connectivity index (χ2v) is 7.52. The Morgan fingerprint density at radius 2 is 1.84 bits per heavy atom. The van der Waals surface area contributed by atoms with Crippen molar-refractivity contribution in [2.24, 2.45) is 5.92 Å². The summed E-state index contributed by atoms with van der Waals surface area (Å²) < 4.78 is 5.47. The van der Waals surface area contributed by atoms with Crippen LogP contribution in [0.3, 0.4) is 0 Å². The fourth-order valence-electron chi connectivity index (χ4n) is 4.11. The molecule has 4 rings (SSSR count). The molecule has 134 valence electrons. The number of piperidine rings is 1. The van der Waals surface area contributed by atoms with Crippen LogP contribution in [-0.2, 0) is 13.0 Å². The van der Waals surface area contributed by atoms with Gasteiger partial charge in [0.1, 0.15) is 0 Å².